The second kappa shape index (κ2) is 6.41. The molecule has 0 spiro atoms. The molecule has 1 aromatic carbocycles. The maximum atomic E-state index is 12.5. The maximum Gasteiger partial charge on any atom is 0.410 e. The summed E-state index contributed by atoms with van der Waals surface area (Å²) in [7, 11) is 0. The van der Waals surface area contributed by atoms with Gasteiger partial charge in [0.25, 0.3) is 0 Å². The zero-order chi connectivity index (χ0) is 16.5. The maximum absolute atomic E-state index is 12.5. The minimum Gasteiger partial charge on any atom is -0.444 e. The van der Waals surface area contributed by atoms with Crippen LogP contribution >= 0.6 is 15.9 Å². The summed E-state index contributed by atoms with van der Waals surface area (Å²) >= 11 is 3.40. The first-order valence-corrected chi connectivity index (χ1v) is 8.24. The van der Waals surface area contributed by atoms with Crippen LogP contribution in [-0.2, 0) is 9.53 Å². The Morgan fingerprint density at radius 1 is 1.27 bits per heavy atom. The van der Waals surface area contributed by atoms with E-state index in [-0.39, 0.29) is 23.8 Å². The molecule has 5 heteroatoms. The van der Waals surface area contributed by atoms with Crippen molar-refractivity contribution in [2.75, 3.05) is 6.54 Å². The van der Waals surface area contributed by atoms with Crippen LogP contribution in [-0.4, -0.2) is 28.9 Å². The van der Waals surface area contributed by atoms with Crippen molar-refractivity contribution < 1.29 is 14.3 Å². The van der Waals surface area contributed by atoms with Crippen molar-refractivity contribution in [1.82, 2.24) is 4.90 Å². The van der Waals surface area contributed by atoms with E-state index >= 15 is 0 Å². The lowest BCUT2D eigenvalue weighted by atomic mass is 9.89. The predicted octanol–water partition coefficient (Wildman–Crippen LogP) is 4.34. The van der Waals surface area contributed by atoms with Crippen molar-refractivity contribution in [1.29, 1.82) is 0 Å². The predicted molar refractivity (Wildman–Crippen MR) is 88.6 cm³/mol. The summed E-state index contributed by atoms with van der Waals surface area (Å²) in [6, 6.07) is 7.47. The van der Waals surface area contributed by atoms with Crippen molar-refractivity contribution in [3.05, 3.63) is 34.3 Å². The van der Waals surface area contributed by atoms with Crippen LogP contribution in [0.4, 0.5) is 4.79 Å². The van der Waals surface area contributed by atoms with Gasteiger partial charge in [0.15, 0.2) is 0 Å². The lowest BCUT2D eigenvalue weighted by molar-refractivity contribution is -0.127. The van der Waals surface area contributed by atoms with Gasteiger partial charge in [0.1, 0.15) is 11.4 Å². The molecule has 0 bridgehead atoms. The molecule has 1 heterocycles. The SMILES string of the molecule is CC1CN(C(=O)OC(C)(C)C)C(c2ccc(Br)cc2)CC1=O. The van der Waals surface area contributed by atoms with E-state index in [1.54, 1.807) is 4.90 Å². The minimum absolute atomic E-state index is 0.154. The fourth-order valence-electron chi connectivity index (χ4n) is 2.53. The highest BCUT2D eigenvalue weighted by molar-refractivity contribution is 9.10. The number of ketones is 1. The van der Waals surface area contributed by atoms with Gasteiger partial charge in [0, 0.05) is 23.4 Å². The van der Waals surface area contributed by atoms with Gasteiger partial charge in [-0.2, -0.15) is 0 Å². The highest BCUT2D eigenvalue weighted by atomic mass is 79.9. The average molecular weight is 368 g/mol. The molecule has 0 saturated carbocycles. The summed E-state index contributed by atoms with van der Waals surface area (Å²) in [6.45, 7) is 7.79. The second-order valence-electron chi connectivity index (χ2n) is 6.77. The van der Waals surface area contributed by atoms with Crippen LogP contribution in [0.15, 0.2) is 28.7 Å². The third-order valence-corrected chi connectivity index (χ3v) is 4.20. The van der Waals surface area contributed by atoms with Gasteiger partial charge in [-0.3, -0.25) is 4.79 Å². The van der Waals surface area contributed by atoms with E-state index < -0.39 is 5.60 Å². The average Bonchev–Trinajstić information content (AvgIpc) is 2.40. The van der Waals surface area contributed by atoms with E-state index in [1.165, 1.54) is 0 Å². The van der Waals surface area contributed by atoms with Gasteiger partial charge in [0.2, 0.25) is 0 Å². The number of hydrogen-bond acceptors (Lipinski definition) is 3. The molecule has 1 fully saturated rings. The van der Waals surface area contributed by atoms with Crippen molar-refractivity contribution in [2.45, 2.75) is 45.8 Å². The van der Waals surface area contributed by atoms with E-state index in [0.717, 1.165) is 10.0 Å². The summed E-state index contributed by atoms with van der Waals surface area (Å²) in [4.78, 5) is 26.3. The van der Waals surface area contributed by atoms with Gasteiger partial charge in [-0.05, 0) is 38.5 Å². The summed E-state index contributed by atoms with van der Waals surface area (Å²) in [5.41, 5.74) is 0.404. The lowest BCUT2D eigenvalue weighted by Crippen LogP contribution is -2.47. The van der Waals surface area contributed by atoms with Gasteiger partial charge >= 0.3 is 6.09 Å². The Morgan fingerprint density at radius 3 is 2.41 bits per heavy atom. The molecule has 1 aliphatic heterocycles. The molecule has 0 N–H and O–H groups in total. The number of benzene rings is 1. The van der Waals surface area contributed by atoms with Crippen LogP contribution in [0.3, 0.4) is 0 Å². The number of carbonyl (C=O) groups excluding carboxylic acids is 2. The fraction of sp³-hybridized carbons (Fsp3) is 0.529. The first-order valence-electron chi connectivity index (χ1n) is 7.45. The van der Waals surface area contributed by atoms with Gasteiger partial charge in [-0.15, -0.1) is 0 Å². The highest BCUT2D eigenvalue weighted by Gasteiger charge is 2.37. The molecule has 0 aliphatic carbocycles. The van der Waals surface area contributed by atoms with Crippen molar-refractivity contribution in [2.24, 2.45) is 5.92 Å². The number of carbonyl (C=O) groups is 2. The molecule has 2 unspecified atom stereocenters. The van der Waals surface area contributed by atoms with Crippen molar-refractivity contribution >= 4 is 27.8 Å². The Hall–Kier alpha value is -1.36. The quantitative estimate of drug-likeness (QED) is 0.741. The standard InChI is InChI=1S/C17H22BrNO3/c1-11-10-19(16(21)22-17(2,3)4)14(9-15(11)20)12-5-7-13(18)8-6-12/h5-8,11,14H,9-10H2,1-4H3. The second-order valence-corrected chi connectivity index (χ2v) is 7.69. The summed E-state index contributed by atoms with van der Waals surface area (Å²) in [5.74, 6) is 0.0342. The molecule has 2 atom stereocenters. The zero-order valence-corrected chi connectivity index (χ0v) is 15.0. The molecule has 0 radical (unpaired) electrons. The van der Waals surface area contributed by atoms with E-state index in [2.05, 4.69) is 15.9 Å². The van der Waals surface area contributed by atoms with E-state index in [4.69, 9.17) is 4.74 Å². The van der Waals surface area contributed by atoms with Crippen LogP contribution in [0.2, 0.25) is 0 Å². The Labute approximate surface area is 140 Å². The van der Waals surface area contributed by atoms with Gasteiger partial charge < -0.3 is 9.64 Å². The van der Waals surface area contributed by atoms with Crippen LogP contribution in [0.1, 0.15) is 45.7 Å². The summed E-state index contributed by atoms with van der Waals surface area (Å²) in [6.07, 6.45) is -0.0260. The number of hydrogen-bond donors (Lipinski definition) is 0. The molecule has 2 rings (SSSR count). The lowest BCUT2D eigenvalue weighted by Gasteiger charge is -2.38. The van der Waals surface area contributed by atoms with Crippen LogP contribution in [0.25, 0.3) is 0 Å². The van der Waals surface area contributed by atoms with Crippen LogP contribution in [0, 0.1) is 5.92 Å². The number of amides is 1. The molecule has 1 aromatic rings. The Kier molecular flexibility index (Phi) is 4.95. The highest BCUT2D eigenvalue weighted by Crippen LogP contribution is 2.33. The van der Waals surface area contributed by atoms with Crippen molar-refractivity contribution in [3.8, 4) is 0 Å². The van der Waals surface area contributed by atoms with Gasteiger partial charge in [0.05, 0.1) is 6.04 Å². The molecule has 4 nitrogen and oxygen atoms in total. The van der Waals surface area contributed by atoms with Crippen LogP contribution in [0.5, 0.6) is 0 Å². The van der Waals surface area contributed by atoms with E-state index in [9.17, 15) is 9.59 Å². The Balaban J connectivity index is 2.28. The number of Topliss-reactive ketones (excluding diaryl/α,β-unsaturated/α-hetero) is 1. The number of likely N-dealkylation sites (tertiary alicyclic amines) is 1. The van der Waals surface area contributed by atoms with Crippen molar-refractivity contribution in [3.63, 3.8) is 0 Å². The number of rotatable bonds is 1. The molecular weight excluding hydrogens is 346 g/mol. The number of nitrogens with zero attached hydrogens (tertiary/aromatic N) is 1. The molecule has 120 valence electrons. The Morgan fingerprint density at radius 2 is 1.86 bits per heavy atom. The first kappa shape index (κ1) is 17.0. The van der Waals surface area contributed by atoms with Gasteiger partial charge in [-0.1, -0.05) is 35.0 Å². The molecule has 22 heavy (non-hydrogen) atoms. The van der Waals surface area contributed by atoms with E-state index in [1.807, 2.05) is 52.0 Å². The van der Waals surface area contributed by atoms with Gasteiger partial charge in [-0.25, -0.2) is 4.79 Å². The fourth-order valence-corrected chi connectivity index (χ4v) is 2.80. The van der Waals surface area contributed by atoms with Crippen LogP contribution < -0.4 is 0 Å². The summed E-state index contributed by atoms with van der Waals surface area (Å²) in [5, 5.41) is 0. The molecule has 1 saturated heterocycles. The molecule has 1 aliphatic rings. The molecule has 0 aromatic heterocycles. The number of halogens is 1. The minimum atomic E-state index is -0.550. The summed E-state index contributed by atoms with van der Waals surface area (Å²) < 4.78 is 6.47. The smallest absolute Gasteiger partial charge is 0.410 e. The number of ether oxygens (including phenoxy) is 1. The third-order valence-electron chi connectivity index (χ3n) is 3.67. The topological polar surface area (TPSA) is 46.6 Å². The molecule has 1 amide bonds. The monoisotopic (exact) mass is 367 g/mol. The zero-order valence-electron chi connectivity index (χ0n) is 13.4. The largest absolute Gasteiger partial charge is 0.444 e. The normalized spacial score (nSPS) is 22.6. The first-order chi connectivity index (χ1) is 10.2. The third kappa shape index (κ3) is 4.09. The number of piperidine rings is 1. The Bertz CT molecular complexity index is 562. The molecular formula is C17H22BrNO3. The van der Waals surface area contributed by atoms with E-state index in [0.29, 0.717) is 13.0 Å².